The summed E-state index contributed by atoms with van der Waals surface area (Å²) in [6.45, 7) is 4.04. The lowest BCUT2D eigenvalue weighted by Gasteiger charge is -1.97. The fourth-order valence-electron chi connectivity index (χ4n) is 1.29. The fourth-order valence-corrected chi connectivity index (χ4v) is 1.47. The molecule has 0 unspecified atom stereocenters. The maximum absolute atomic E-state index is 5.76. The van der Waals surface area contributed by atoms with E-state index >= 15 is 0 Å². The highest BCUT2D eigenvalue weighted by Crippen LogP contribution is 1.97. The van der Waals surface area contributed by atoms with Gasteiger partial charge in [-0.05, 0) is 26.1 Å². The molecule has 1 aromatic rings. The molecule has 0 aliphatic carbocycles. The van der Waals surface area contributed by atoms with Gasteiger partial charge < -0.3 is 5.73 Å². The number of anilines is 1. The van der Waals surface area contributed by atoms with E-state index in [1.54, 1.807) is 0 Å². The third-order valence-corrected chi connectivity index (χ3v) is 2.22. The molecule has 0 fully saturated rings. The van der Waals surface area contributed by atoms with Gasteiger partial charge in [0.25, 0.3) is 0 Å². The normalized spacial score (nSPS) is 12.8. The molecule has 1 aliphatic rings. The van der Waals surface area contributed by atoms with Crippen molar-refractivity contribution in [2.45, 2.75) is 20.3 Å². The van der Waals surface area contributed by atoms with Crippen LogP contribution in [0.25, 0.3) is 0 Å². The van der Waals surface area contributed by atoms with Crippen molar-refractivity contribution in [3.8, 4) is 0 Å². The van der Waals surface area contributed by atoms with E-state index in [2.05, 4.69) is 20.0 Å². The van der Waals surface area contributed by atoms with E-state index in [1.807, 2.05) is 19.9 Å². The predicted octanol–water partition coefficient (Wildman–Crippen LogP) is 0.105. The van der Waals surface area contributed by atoms with E-state index in [1.165, 1.54) is 5.57 Å². The van der Waals surface area contributed by atoms with Crippen LogP contribution in [0.3, 0.4) is 0 Å². The average molecular weight is 233 g/mol. The summed E-state index contributed by atoms with van der Waals surface area (Å²) in [6, 6.07) is 0. The van der Waals surface area contributed by atoms with Gasteiger partial charge in [-0.2, -0.15) is 4.99 Å². The van der Waals surface area contributed by atoms with E-state index in [0.29, 0.717) is 28.9 Å². The van der Waals surface area contributed by atoms with Gasteiger partial charge in [-0.25, -0.2) is 15.0 Å². The lowest BCUT2D eigenvalue weighted by atomic mass is 10.2. The van der Waals surface area contributed by atoms with Gasteiger partial charge in [0.05, 0.1) is 0 Å². The molecule has 0 bridgehead atoms. The number of fused-ring (bicyclic) bond motifs is 1. The Bertz CT molecular complexity index is 598. The average Bonchev–Trinajstić information content (AvgIpc) is 2.56. The molecule has 6 heteroatoms. The Hall–Kier alpha value is -1.69. The van der Waals surface area contributed by atoms with Crippen molar-refractivity contribution in [3.05, 3.63) is 28.3 Å². The summed E-state index contributed by atoms with van der Waals surface area (Å²) in [4.78, 5) is 16.4. The molecule has 0 amide bonds. The Kier molecular flexibility index (Phi) is 2.74. The second-order valence-corrected chi connectivity index (χ2v) is 4.05. The maximum atomic E-state index is 5.76. The largest absolute Gasteiger partial charge is 0.382 e. The number of thiocarbonyl (C=S) groups is 1. The Morgan fingerprint density at radius 1 is 1.31 bits per heavy atom. The molecule has 0 radical (unpaired) electrons. The number of rotatable bonds is 2. The highest BCUT2D eigenvalue weighted by atomic mass is 32.1. The molecule has 1 aliphatic heterocycles. The summed E-state index contributed by atoms with van der Waals surface area (Å²) < 4.78 is 0. The lowest BCUT2D eigenvalue weighted by Crippen LogP contribution is -2.31. The molecule has 2 heterocycles. The zero-order chi connectivity index (χ0) is 11.7. The first kappa shape index (κ1) is 10.8. The Morgan fingerprint density at radius 2 is 2.06 bits per heavy atom. The monoisotopic (exact) mass is 233 g/mol. The first-order valence-corrected chi connectivity index (χ1v) is 5.24. The molecule has 0 atom stereocenters. The van der Waals surface area contributed by atoms with Crippen molar-refractivity contribution in [1.29, 1.82) is 0 Å². The van der Waals surface area contributed by atoms with Gasteiger partial charge in [0.1, 0.15) is 5.82 Å². The SMILES string of the molecule is CC(C)=CCc1nc(N)c2c(n1)=NC(=S)N=2. The predicted molar refractivity (Wildman–Crippen MR) is 64.5 cm³/mol. The summed E-state index contributed by atoms with van der Waals surface area (Å²) in [5, 5.41) is 0.751. The van der Waals surface area contributed by atoms with Crippen molar-refractivity contribution < 1.29 is 0 Å². The van der Waals surface area contributed by atoms with Gasteiger partial charge in [-0.3, -0.25) is 0 Å². The summed E-state index contributed by atoms with van der Waals surface area (Å²) in [5.74, 6) is 0.979. The molecular weight excluding hydrogens is 222 g/mol. The van der Waals surface area contributed by atoms with E-state index in [0.717, 1.165) is 0 Å². The van der Waals surface area contributed by atoms with Crippen LogP contribution in [-0.4, -0.2) is 15.1 Å². The molecule has 1 aromatic heterocycles. The van der Waals surface area contributed by atoms with Crippen LogP contribution in [0.4, 0.5) is 5.82 Å². The Balaban J connectivity index is 2.48. The standard InChI is InChI=1S/C10H11N5S/c1-5(2)3-4-6-12-8(11)7-9(13-6)15-10(16)14-7/h3H,4H2,1-2H3,(H2,11,12,13,15,16). The second-order valence-electron chi connectivity index (χ2n) is 3.69. The Morgan fingerprint density at radius 3 is 2.75 bits per heavy atom. The van der Waals surface area contributed by atoms with Gasteiger partial charge in [-0.15, -0.1) is 0 Å². The minimum atomic E-state index is 0.260. The minimum absolute atomic E-state index is 0.260. The van der Waals surface area contributed by atoms with Crippen LogP contribution in [0.1, 0.15) is 19.7 Å². The number of nitrogens with two attached hydrogens (primary N) is 1. The van der Waals surface area contributed by atoms with Crippen LogP contribution in [0.5, 0.6) is 0 Å². The Labute approximate surface area is 97.9 Å². The second kappa shape index (κ2) is 4.05. The molecule has 5 nitrogen and oxygen atoms in total. The quantitative estimate of drug-likeness (QED) is 0.581. The first-order valence-electron chi connectivity index (χ1n) is 4.83. The number of hydrogen-bond donors (Lipinski definition) is 1. The van der Waals surface area contributed by atoms with Crippen LogP contribution in [-0.2, 0) is 6.42 Å². The first-order chi connectivity index (χ1) is 7.56. The van der Waals surface area contributed by atoms with Crippen molar-refractivity contribution in [2.24, 2.45) is 9.98 Å². The topological polar surface area (TPSA) is 76.5 Å². The van der Waals surface area contributed by atoms with Crippen LogP contribution in [0.2, 0.25) is 0 Å². The van der Waals surface area contributed by atoms with Gasteiger partial charge in [0.2, 0.25) is 5.11 Å². The lowest BCUT2D eigenvalue weighted by molar-refractivity contribution is 0.936. The summed E-state index contributed by atoms with van der Waals surface area (Å²) in [7, 11) is 0. The molecule has 0 saturated heterocycles. The van der Waals surface area contributed by atoms with Crippen LogP contribution >= 0.6 is 12.2 Å². The van der Waals surface area contributed by atoms with Crippen LogP contribution < -0.4 is 16.6 Å². The zero-order valence-corrected chi connectivity index (χ0v) is 9.88. The van der Waals surface area contributed by atoms with Crippen molar-refractivity contribution in [3.63, 3.8) is 0 Å². The molecular formula is C10H11N5S. The van der Waals surface area contributed by atoms with E-state index in [4.69, 9.17) is 18.0 Å². The molecule has 82 valence electrons. The number of allylic oxidation sites excluding steroid dienone is 2. The maximum Gasteiger partial charge on any atom is 0.222 e. The number of nitrogens with zero attached hydrogens (tertiary/aromatic N) is 4. The number of nitrogen functional groups attached to an aromatic ring is 1. The highest BCUT2D eigenvalue weighted by molar-refractivity contribution is 7.80. The van der Waals surface area contributed by atoms with Crippen molar-refractivity contribution in [2.75, 3.05) is 5.73 Å². The number of hydrogen-bond acceptors (Lipinski definition) is 4. The van der Waals surface area contributed by atoms with Gasteiger partial charge in [-0.1, -0.05) is 11.6 Å². The third-order valence-electron chi connectivity index (χ3n) is 2.04. The molecule has 0 spiro atoms. The van der Waals surface area contributed by atoms with E-state index in [9.17, 15) is 0 Å². The molecule has 2 rings (SSSR count). The third kappa shape index (κ3) is 2.11. The van der Waals surface area contributed by atoms with Crippen molar-refractivity contribution in [1.82, 2.24) is 9.97 Å². The van der Waals surface area contributed by atoms with Crippen LogP contribution in [0.15, 0.2) is 21.6 Å². The number of aromatic nitrogens is 2. The molecule has 16 heavy (non-hydrogen) atoms. The molecule has 0 saturated carbocycles. The summed E-state index contributed by atoms with van der Waals surface area (Å²) in [6.07, 6.45) is 2.67. The van der Waals surface area contributed by atoms with Crippen LogP contribution in [0, 0.1) is 0 Å². The van der Waals surface area contributed by atoms with Gasteiger partial charge >= 0.3 is 0 Å². The smallest absolute Gasteiger partial charge is 0.222 e. The van der Waals surface area contributed by atoms with Gasteiger partial charge in [0, 0.05) is 6.42 Å². The summed E-state index contributed by atoms with van der Waals surface area (Å²) in [5.41, 5.74) is 7.45. The molecule has 2 N–H and O–H groups in total. The molecule has 0 aromatic carbocycles. The van der Waals surface area contributed by atoms with E-state index < -0.39 is 0 Å². The minimum Gasteiger partial charge on any atom is -0.382 e. The van der Waals surface area contributed by atoms with Gasteiger partial charge in [0.15, 0.2) is 16.7 Å². The highest BCUT2D eigenvalue weighted by Gasteiger charge is 2.09. The fraction of sp³-hybridized carbons (Fsp3) is 0.300. The van der Waals surface area contributed by atoms with E-state index in [-0.39, 0.29) is 5.11 Å². The zero-order valence-electron chi connectivity index (χ0n) is 9.06. The van der Waals surface area contributed by atoms with Crippen molar-refractivity contribution >= 4 is 23.1 Å². The summed E-state index contributed by atoms with van der Waals surface area (Å²) >= 11 is 4.86.